The van der Waals surface area contributed by atoms with Gasteiger partial charge in [-0.15, -0.1) is 0 Å². The standard InChI is InChI=1S/C16H22FN3/c1-3-6-19-16(4-2)14-5-7-20(12-14)11-13-8-15(17)10-18-9-13/h5,7-10,12,16,19H,3-4,6,11H2,1-2H3. The van der Waals surface area contributed by atoms with Gasteiger partial charge in [-0.05, 0) is 42.6 Å². The molecule has 1 unspecified atom stereocenters. The summed E-state index contributed by atoms with van der Waals surface area (Å²) < 4.78 is 15.2. The van der Waals surface area contributed by atoms with Crippen LogP contribution in [0.4, 0.5) is 4.39 Å². The maximum absolute atomic E-state index is 13.1. The summed E-state index contributed by atoms with van der Waals surface area (Å²) in [5.74, 6) is -0.286. The first-order chi connectivity index (χ1) is 9.72. The topological polar surface area (TPSA) is 29.9 Å². The lowest BCUT2D eigenvalue weighted by Gasteiger charge is -2.15. The lowest BCUT2D eigenvalue weighted by atomic mass is 10.1. The Bertz CT molecular complexity index is 536. The molecule has 0 spiro atoms. The van der Waals surface area contributed by atoms with E-state index in [-0.39, 0.29) is 5.82 Å². The number of hydrogen-bond acceptors (Lipinski definition) is 2. The van der Waals surface area contributed by atoms with Crippen molar-refractivity contribution in [1.82, 2.24) is 14.9 Å². The third-order valence-corrected chi connectivity index (χ3v) is 3.35. The summed E-state index contributed by atoms with van der Waals surface area (Å²) in [5, 5.41) is 3.54. The van der Waals surface area contributed by atoms with Crippen LogP contribution in [0.5, 0.6) is 0 Å². The molecule has 1 N–H and O–H groups in total. The van der Waals surface area contributed by atoms with Gasteiger partial charge >= 0.3 is 0 Å². The van der Waals surface area contributed by atoms with Crippen LogP contribution in [0.25, 0.3) is 0 Å². The van der Waals surface area contributed by atoms with E-state index in [0.717, 1.165) is 24.9 Å². The van der Waals surface area contributed by atoms with E-state index in [0.29, 0.717) is 12.6 Å². The van der Waals surface area contributed by atoms with Gasteiger partial charge in [0.1, 0.15) is 5.82 Å². The average molecular weight is 275 g/mol. The fraction of sp³-hybridized carbons (Fsp3) is 0.438. The van der Waals surface area contributed by atoms with Crippen molar-refractivity contribution in [2.75, 3.05) is 6.54 Å². The largest absolute Gasteiger partial charge is 0.350 e. The molecular weight excluding hydrogens is 253 g/mol. The highest BCUT2D eigenvalue weighted by Gasteiger charge is 2.09. The van der Waals surface area contributed by atoms with E-state index >= 15 is 0 Å². The Labute approximate surface area is 119 Å². The van der Waals surface area contributed by atoms with E-state index < -0.39 is 0 Å². The van der Waals surface area contributed by atoms with Gasteiger partial charge in [0.2, 0.25) is 0 Å². The summed E-state index contributed by atoms with van der Waals surface area (Å²) in [7, 11) is 0. The monoisotopic (exact) mass is 275 g/mol. The lowest BCUT2D eigenvalue weighted by molar-refractivity contribution is 0.517. The van der Waals surface area contributed by atoms with Crippen molar-refractivity contribution < 1.29 is 4.39 Å². The summed E-state index contributed by atoms with van der Waals surface area (Å²) >= 11 is 0. The van der Waals surface area contributed by atoms with Gasteiger partial charge in [0, 0.05) is 31.2 Å². The van der Waals surface area contributed by atoms with Crippen LogP contribution in [0.3, 0.4) is 0 Å². The molecule has 2 rings (SSSR count). The van der Waals surface area contributed by atoms with Gasteiger partial charge < -0.3 is 9.88 Å². The van der Waals surface area contributed by atoms with Crippen molar-refractivity contribution in [1.29, 1.82) is 0 Å². The Balaban J connectivity index is 2.04. The zero-order valence-corrected chi connectivity index (χ0v) is 12.1. The van der Waals surface area contributed by atoms with Crippen LogP contribution in [-0.2, 0) is 6.54 Å². The molecule has 0 fully saturated rings. The van der Waals surface area contributed by atoms with Crippen molar-refractivity contribution in [3.8, 4) is 0 Å². The Kier molecular flexibility index (Phi) is 5.30. The molecule has 2 aromatic heterocycles. The van der Waals surface area contributed by atoms with Crippen molar-refractivity contribution >= 4 is 0 Å². The van der Waals surface area contributed by atoms with Gasteiger partial charge in [-0.25, -0.2) is 4.39 Å². The summed E-state index contributed by atoms with van der Waals surface area (Å²) in [5.41, 5.74) is 2.16. The number of nitrogens with zero attached hydrogens (tertiary/aromatic N) is 2. The number of halogens is 1. The predicted octanol–water partition coefficient (Wildman–Crippen LogP) is 3.52. The second kappa shape index (κ2) is 7.20. The first-order valence-electron chi connectivity index (χ1n) is 7.21. The Morgan fingerprint density at radius 3 is 2.90 bits per heavy atom. The van der Waals surface area contributed by atoms with E-state index in [2.05, 4.69) is 41.0 Å². The maximum Gasteiger partial charge on any atom is 0.141 e. The molecule has 0 aliphatic rings. The van der Waals surface area contributed by atoms with Crippen LogP contribution in [0.2, 0.25) is 0 Å². The van der Waals surface area contributed by atoms with E-state index in [9.17, 15) is 4.39 Å². The average Bonchev–Trinajstić information content (AvgIpc) is 2.88. The summed E-state index contributed by atoms with van der Waals surface area (Å²) in [6.45, 7) is 6.02. The molecule has 4 heteroatoms. The van der Waals surface area contributed by atoms with E-state index in [4.69, 9.17) is 0 Å². The second-order valence-electron chi connectivity index (χ2n) is 5.04. The molecule has 108 valence electrons. The van der Waals surface area contributed by atoms with Crippen molar-refractivity contribution in [3.63, 3.8) is 0 Å². The molecule has 0 radical (unpaired) electrons. The van der Waals surface area contributed by atoms with Gasteiger partial charge in [-0.1, -0.05) is 13.8 Å². The number of pyridine rings is 1. The highest BCUT2D eigenvalue weighted by Crippen LogP contribution is 2.17. The quantitative estimate of drug-likeness (QED) is 0.838. The van der Waals surface area contributed by atoms with Crippen LogP contribution in [-0.4, -0.2) is 16.1 Å². The first kappa shape index (κ1) is 14.7. The van der Waals surface area contributed by atoms with Gasteiger partial charge in [0.05, 0.1) is 6.20 Å². The van der Waals surface area contributed by atoms with Crippen LogP contribution >= 0.6 is 0 Å². The van der Waals surface area contributed by atoms with Gasteiger partial charge in [-0.3, -0.25) is 4.98 Å². The van der Waals surface area contributed by atoms with Gasteiger partial charge in [0.25, 0.3) is 0 Å². The molecule has 2 heterocycles. The Morgan fingerprint density at radius 2 is 2.20 bits per heavy atom. The highest BCUT2D eigenvalue weighted by atomic mass is 19.1. The van der Waals surface area contributed by atoms with Crippen LogP contribution < -0.4 is 5.32 Å². The number of rotatable bonds is 7. The molecule has 0 saturated carbocycles. The van der Waals surface area contributed by atoms with Gasteiger partial charge in [-0.2, -0.15) is 0 Å². The molecule has 0 bridgehead atoms. The molecule has 2 aromatic rings. The van der Waals surface area contributed by atoms with Crippen molar-refractivity contribution in [3.05, 3.63) is 53.9 Å². The van der Waals surface area contributed by atoms with Crippen molar-refractivity contribution in [2.24, 2.45) is 0 Å². The zero-order valence-electron chi connectivity index (χ0n) is 12.1. The SMILES string of the molecule is CCCNC(CC)c1ccn(Cc2cncc(F)c2)c1. The van der Waals surface area contributed by atoms with E-state index in [1.807, 2.05) is 6.20 Å². The molecule has 0 aliphatic carbocycles. The highest BCUT2D eigenvalue weighted by molar-refractivity contribution is 5.18. The van der Waals surface area contributed by atoms with E-state index in [1.165, 1.54) is 17.8 Å². The second-order valence-corrected chi connectivity index (χ2v) is 5.04. The lowest BCUT2D eigenvalue weighted by Crippen LogP contribution is -2.21. The Morgan fingerprint density at radius 1 is 1.35 bits per heavy atom. The third kappa shape index (κ3) is 3.90. The molecule has 0 aliphatic heterocycles. The molecule has 1 atom stereocenters. The normalized spacial score (nSPS) is 12.6. The van der Waals surface area contributed by atoms with Crippen LogP contribution in [0.15, 0.2) is 36.9 Å². The van der Waals surface area contributed by atoms with Gasteiger partial charge in [0.15, 0.2) is 0 Å². The number of aromatic nitrogens is 2. The minimum atomic E-state index is -0.286. The minimum Gasteiger partial charge on any atom is -0.350 e. The smallest absolute Gasteiger partial charge is 0.141 e. The van der Waals surface area contributed by atoms with Crippen LogP contribution in [0.1, 0.15) is 43.9 Å². The third-order valence-electron chi connectivity index (χ3n) is 3.35. The molecule has 0 aromatic carbocycles. The number of hydrogen-bond donors (Lipinski definition) is 1. The van der Waals surface area contributed by atoms with Crippen molar-refractivity contribution in [2.45, 2.75) is 39.3 Å². The molecule has 0 saturated heterocycles. The molecular formula is C16H22FN3. The molecule has 0 amide bonds. The first-order valence-corrected chi connectivity index (χ1v) is 7.21. The van der Waals surface area contributed by atoms with Crippen LogP contribution in [0, 0.1) is 5.82 Å². The van der Waals surface area contributed by atoms with E-state index in [1.54, 1.807) is 6.20 Å². The number of nitrogens with one attached hydrogen (secondary N) is 1. The molecule has 20 heavy (non-hydrogen) atoms. The zero-order chi connectivity index (χ0) is 14.4. The molecule has 3 nitrogen and oxygen atoms in total. The predicted molar refractivity (Wildman–Crippen MR) is 79.1 cm³/mol. The fourth-order valence-corrected chi connectivity index (χ4v) is 2.33. The fourth-order valence-electron chi connectivity index (χ4n) is 2.33. The maximum atomic E-state index is 13.1. The summed E-state index contributed by atoms with van der Waals surface area (Å²) in [4.78, 5) is 3.88. The minimum absolute atomic E-state index is 0.286. The summed E-state index contributed by atoms with van der Waals surface area (Å²) in [6, 6.07) is 4.05. The summed E-state index contributed by atoms with van der Waals surface area (Å²) in [6.07, 6.45) is 9.29. The Hall–Kier alpha value is -1.68.